The van der Waals surface area contributed by atoms with Gasteiger partial charge in [-0.2, -0.15) is 13.2 Å². The number of anilines is 2. The maximum absolute atomic E-state index is 13.6. The number of nitrogens with one attached hydrogen (secondary N) is 2. The molecule has 0 heterocycles. The molecule has 2 amide bonds. The number of urea groups is 1. The van der Waals surface area contributed by atoms with Crippen LogP contribution < -0.4 is 10.6 Å². The van der Waals surface area contributed by atoms with Crippen molar-refractivity contribution in [2.24, 2.45) is 0 Å². The van der Waals surface area contributed by atoms with Gasteiger partial charge in [0.15, 0.2) is 0 Å². The molecule has 0 aliphatic rings. The summed E-state index contributed by atoms with van der Waals surface area (Å²) in [5.74, 6) is -0.667. The van der Waals surface area contributed by atoms with E-state index in [1.54, 1.807) is 13.0 Å². The summed E-state index contributed by atoms with van der Waals surface area (Å²) in [4.78, 5) is 11.7. The summed E-state index contributed by atoms with van der Waals surface area (Å²) in [6.07, 6.45) is -4.60. The van der Waals surface area contributed by atoms with E-state index in [9.17, 15) is 22.4 Å². The Bertz CT molecular complexity index is 698. The lowest BCUT2D eigenvalue weighted by Crippen LogP contribution is -2.22. The zero-order valence-electron chi connectivity index (χ0n) is 11.5. The lowest BCUT2D eigenvalue weighted by atomic mass is 10.1. The van der Waals surface area contributed by atoms with Gasteiger partial charge in [-0.15, -0.1) is 0 Å². The van der Waals surface area contributed by atoms with Crippen LogP contribution in [0.25, 0.3) is 0 Å². The number of amides is 2. The van der Waals surface area contributed by atoms with E-state index in [4.69, 9.17) is 0 Å². The molecule has 7 heteroatoms. The summed E-state index contributed by atoms with van der Waals surface area (Å²) in [6.45, 7) is 1.67. The highest BCUT2D eigenvalue weighted by atomic mass is 19.4. The van der Waals surface area contributed by atoms with Gasteiger partial charge in [-0.05, 0) is 36.8 Å². The van der Waals surface area contributed by atoms with E-state index in [1.807, 2.05) is 0 Å². The Hall–Kier alpha value is -2.57. The van der Waals surface area contributed by atoms with Crippen LogP contribution in [0, 0.1) is 12.7 Å². The maximum atomic E-state index is 13.6. The summed E-state index contributed by atoms with van der Waals surface area (Å²) in [5.41, 5.74) is -0.840. The van der Waals surface area contributed by atoms with Crippen LogP contribution >= 0.6 is 0 Å². The average Bonchev–Trinajstić information content (AvgIpc) is 2.41. The zero-order valence-corrected chi connectivity index (χ0v) is 11.5. The molecule has 0 unspecified atom stereocenters. The highest BCUT2D eigenvalue weighted by molar-refractivity contribution is 6.00. The second-order valence-electron chi connectivity index (χ2n) is 4.61. The number of hydrogen-bond donors (Lipinski definition) is 2. The third-order valence-electron chi connectivity index (χ3n) is 2.85. The van der Waals surface area contributed by atoms with Crippen molar-refractivity contribution in [3.05, 3.63) is 59.4 Å². The van der Waals surface area contributed by atoms with Crippen LogP contribution in [0.2, 0.25) is 0 Å². The first-order valence-electron chi connectivity index (χ1n) is 6.28. The number of aryl methyl sites for hydroxylation is 1. The second kappa shape index (κ2) is 6.05. The van der Waals surface area contributed by atoms with Crippen molar-refractivity contribution in [1.29, 1.82) is 0 Å². The molecule has 0 atom stereocenters. The van der Waals surface area contributed by atoms with E-state index in [1.165, 1.54) is 24.3 Å². The summed E-state index contributed by atoms with van der Waals surface area (Å²) in [5, 5.41) is 4.24. The zero-order chi connectivity index (χ0) is 16.3. The van der Waals surface area contributed by atoms with Crippen LogP contribution in [0.4, 0.5) is 33.7 Å². The van der Waals surface area contributed by atoms with Gasteiger partial charge in [0.05, 0.1) is 16.9 Å². The smallest absolute Gasteiger partial charge is 0.307 e. The third-order valence-corrected chi connectivity index (χ3v) is 2.85. The van der Waals surface area contributed by atoms with Crippen molar-refractivity contribution in [3.8, 4) is 0 Å². The minimum atomic E-state index is -4.60. The monoisotopic (exact) mass is 312 g/mol. The molecule has 0 saturated carbocycles. The minimum absolute atomic E-state index is 0.118. The molecule has 0 bridgehead atoms. The van der Waals surface area contributed by atoms with Crippen LogP contribution in [0.1, 0.15) is 11.1 Å². The summed E-state index contributed by atoms with van der Waals surface area (Å²) in [6, 6.07) is 7.69. The first-order chi connectivity index (χ1) is 10.3. The topological polar surface area (TPSA) is 41.1 Å². The van der Waals surface area contributed by atoms with Crippen LogP contribution in [0.3, 0.4) is 0 Å². The number of para-hydroxylation sites is 1. The molecule has 116 valence electrons. The predicted molar refractivity (Wildman–Crippen MR) is 75.2 cm³/mol. The molecule has 2 N–H and O–H groups in total. The number of carbonyl (C=O) groups is 1. The molecule has 0 aromatic heterocycles. The summed E-state index contributed by atoms with van der Waals surface area (Å²) < 4.78 is 52.0. The van der Waals surface area contributed by atoms with Gasteiger partial charge >= 0.3 is 12.2 Å². The molecule has 3 nitrogen and oxygen atoms in total. The van der Waals surface area contributed by atoms with Gasteiger partial charge in [0.2, 0.25) is 0 Å². The van der Waals surface area contributed by atoms with Gasteiger partial charge < -0.3 is 10.6 Å². The fourth-order valence-electron chi connectivity index (χ4n) is 1.84. The van der Waals surface area contributed by atoms with Crippen molar-refractivity contribution < 1.29 is 22.4 Å². The molecule has 22 heavy (non-hydrogen) atoms. The predicted octanol–water partition coefficient (Wildman–Crippen LogP) is 4.80. The molecule has 0 aliphatic carbocycles. The molecule has 0 saturated heterocycles. The van der Waals surface area contributed by atoms with E-state index < -0.39 is 29.3 Å². The van der Waals surface area contributed by atoms with Crippen LogP contribution in [-0.4, -0.2) is 6.03 Å². The molecule has 0 fully saturated rings. The van der Waals surface area contributed by atoms with Gasteiger partial charge in [0.1, 0.15) is 5.82 Å². The lowest BCUT2D eigenvalue weighted by molar-refractivity contribution is -0.136. The van der Waals surface area contributed by atoms with Gasteiger partial charge in [0, 0.05) is 0 Å². The number of alkyl halides is 3. The van der Waals surface area contributed by atoms with Gasteiger partial charge in [-0.1, -0.05) is 18.2 Å². The van der Waals surface area contributed by atoms with Crippen molar-refractivity contribution in [2.45, 2.75) is 13.1 Å². The quantitative estimate of drug-likeness (QED) is 0.769. The number of hydrogen-bond acceptors (Lipinski definition) is 1. The standard InChI is InChI=1S/C15H12F4N2O/c1-9-6-7-13(11(16)8-9)21-14(22)20-12-5-3-2-4-10(12)15(17,18)19/h2-8H,1H3,(H2,20,21,22). The second-order valence-corrected chi connectivity index (χ2v) is 4.61. The molecular formula is C15H12F4N2O. The molecule has 2 aromatic carbocycles. The average molecular weight is 312 g/mol. The fraction of sp³-hybridized carbons (Fsp3) is 0.133. The highest BCUT2D eigenvalue weighted by Crippen LogP contribution is 2.34. The Morgan fingerprint density at radius 2 is 1.64 bits per heavy atom. The molecule has 0 spiro atoms. The lowest BCUT2D eigenvalue weighted by Gasteiger charge is -2.14. The maximum Gasteiger partial charge on any atom is 0.418 e. The van der Waals surface area contributed by atoms with E-state index in [0.717, 1.165) is 12.1 Å². The normalized spacial score (nSPS) is 11.1. The first kappa shape index (κ1) is 15.8. The Morgan fingerprint density at radius 3 is 2.27 bits per heavy atom. The van der Waals surface area contributed by atoms with Crippen molar-refractivity contribution in [1.82, 2.24) is 0 Å². The van der Waals surface area contributed by atoms with E-state index in [2.05, 4.69) is 10.6 Å². The summed E-state index contributed by atoms with van der Waals surface area (Å²) in [7, 11) is 0. The fourth-order valence-corrected chi connectivity index (χ4v) is 1.84. The molecule has 2 rings (SSSR count). The Morgan fingerprint density at radius 1 is 1.00 bits per heavy atom. The van der Waals surface area contributed by atoms with Gasteiger partial charge in [-0.25, -0.2) is 9.18 Å². The van der Waals surface area contributed by atoms with Crippen molar-refractivity contribution in [2.75, 3.05) is 10.6 Å². The van der Waals surface area contributed by atoms with Crippen LogP contribution in [-0.2, 0) is 6.18 Å². The number of halogens is 4. The van der Waals surface area contributed by atoms with Crippen LogP contribution in [0.5, 0.6) is 0 Å². The van der Waals surface area contributed by atoms with Crippen molar-refractivity contribution in [3.63, 3.8) is 0 Å². The van der Waals surface area contributed by atoms with Gasteiger partial charge in [0.25, 0.3) is 0 Å². The van der Waals surface area contributed by atoms with E-state index >= 15 is 0 Å². The minimum Gasteiger partial charge on any atom is -0.307 e. The number of rotatable bonds is 2. The SMILES string of the molecule is Cc1ccc(NC(=O)Nc2ccccc2C(F)(F)F)c(F)c1. The Labute approximate surface area is 124 Å². The molecular weight excluding hydrogens is 300 g/mol. The molecule has 0 radical (unpaired) electrons. The van der Waals surface area contributed by atoms with E-state index in [-0.39, 0.29) is 5.69 Å². The first-order valence-corrected chi connectivity index (χ1v) is 6.28. The summed E-state index contributed by atoms with van der Waals surface area (Å²) >= 11 is 0. The number of benzene rings is 2. The third kappa shape index (κ3) is 3.75. The number of carbonyl (C=O) groups excluding carboxylic acids is 1. The molecule has 2 aromatic rings. The largest absolute Gasteiger partial charge is 0.418 e. The molecule has 0 aliphatic heterocycles. The van der Waals surface area contributed by atoms with Gasteiger partial charge in [-0.3, -0.25) is 0 Å². The Kier molecular flexibility index (Phi) is 4.35. The van der Waals surface area contributed by atoms with E-state index in [0.29, 0.717) is 5.56 Å². The Balaban J connectivity index is 2.16. The van der Waals surface area contributed by atoms with Crippen molar-refractivity contribution >= 4 is 17.4 Å². The van der Waals surface area contributed by atoms with Crippen LogP contribution in [0.15, 0.2) is 42.5 Å². The highest BCUT2D eigenvalue weighted by Gasteiger charge is 2.33.